The Morgan fingerprint density at radius 3 is 2.27 bits per heavy atom. The maximum Gasteiger partial charge on any atom is 0.410 e. The minimum Gasteiger partial charge on any atom is -0.444 e. The van der Waals surface area contributed by atoms with Crippen LogP contribution in [0.5, 0.6) is 0 Å². The average Bonchev–Trinajstić information content (AvgIpc) is 2.10. The summed E-state index contributed by atoms with van der Waals surface area (Å²) in [6.07, 6.45) is -1.00. The third-order valence-corrected chi connectivity index (χ3v) is 1.89. The molecule has 4 heteroatoms. The highest BCUT2D eigenvalue weighted by atomic mass is 19.1. The highest BCUT2D eigenvalue weighted by Crippen LogP contribution is 2.11. The van der Waals surface area contributed by atoms with Crippen LogP contribution in [0.3, 0.4) is 0 Å². The van der Waals surface area contributed by atoms with Crippen LogP contribution in [0.2, 0.25) is 0 Å². The number of amides is 1. The number of alkyl halides is 1. The molecule has 0 aromatic rings. The lowest BCUT2D eigenvalue weighted by Gasteiger charge is -2.27. The van der Waals surface area contributed by atoms with Gasteiger partial charge in [-0.25, -0.2) is 9.18 Å². The lowest BCUT2D eigenvalue weighted by molar-refractivity contribution is 0.0214. The molecule has 1 unspecified atom stereocenters. The second-order valence-corrected chi connectivity index (χ2v) is 4.52. The van der Waals surface area contributed by atoms with Crippen LogP contribution < -0.4 is 0 Å². The molecule has 1 amide bonds. The highest BCUT2D eigenvalue weighted by molar-refractivity contribution is 5.68. The number of carbonyl (C=O) groups is 1. The van der Waals surface area contributed by atoms with Gasteiger partial charge in [-0.1, -0.05) is 6.92 Å². The van der Waals surface area contributed by atoms with Crippen molar-refractivity contribution < 1.29 is 13.9 Å². The molecule has 0 saturated heterocycles. The van der Waals surface area contributed by atoms with E-state index in [0.717, 1.165) is 0 Å². The molecule has 0 fully saturated rings. The van der Waals surface area contributed by atoms with E-state index < -0.39 is 17.9 Å². The molecule has 0 spiro atoms. The van der Waals surface area contributed by atoms with Crippen LogP contribution in [-0.2, 0) is 4.74 Å². The van der Waals surface area contributed by atoms with Gasteiger partial charge in [0.15, 0.2) is 0 Å². The van der Waals surface area contributed by atoms with Crippen molar-refractivity contribution in [3.63, 3.8) is 0 Å². The molecule has 0 bridgehead atoms. The van der Waals surface area contributed by atoms with Crippen LogP contribution in [-0.4, -0.2) is 35.9 Å². The number of hydrogen-bond acceptors (Lipinski definition) is 2. The van der Waals surface area contributed by atoms with Crippen molar-refractivity contribution in [2.75, 3.05) is 13.1 Å². The predicted molar refractivity (Wildman–Crippen MR) is 58.7 cm³/mol. The molecule has 0 N–H and O–H groups in total. The third kappa shape index (κ3) is 6.31. The second kappa shape index (κ2) is 5.93. The first-order chi connectivity index (χ1) is 6.80. The summed E-state index contributed by atoms with van der Waals surface area (Å²) >= 11 is 0. The summed E-state index contributed by atoms with van der Waals surface area (Å²) < 4.78 is 18.3. The van der Waals surface area contributed by atoms with Crippen molar-refractivity contribution in [2.45, 2.75) is 52.8 Å². The first-order valence-electron chi connectivity index (χ1n) is 5.42. The van der Waals surface area contributed by atoms with Gasteiger partial charge in [0.05, 0.1) is 6.54 Å². The van der Waals surface area contributed by atoms with E-state index in [4.69, 9.17) is 4.74 Å². The topological polar surface area (TPSA) is 29.5 Å². The van der Waals surface area contributed by atoms with Crippen molar-refractivity contribution in [1.82, 2.24) is 4.90 Å². The van der Waals surface area contributed by atoms with E-state index in [-0.39, 0.29) is 6.54 Å². The molecule has 0 aliphatic carbocycles. The molecule has 0 heterocycles. The zero-order valence-corrected chi connectivity index (χ0v) is 10.3. The van der Waals surface area contributed by atoms with E-state index in [2.05, 4.69) is 0 Å². The molecule has 15 heavy (non-hydrogen) atoms. The standard InChI is InChI=1S/C11H22FNO2/c1-6-9(12)8-13(7-2)10(14)15-11(3,4)5/h9H,6-8H2,1-5H3. The predicted octanol–water partition coefficient (Wildman–Crippen LogP) is 2.99. The normalized spacial score (nSPS) is 13.5. The molecular formula is C11H22FNO2. The zero-order valence-electron chi connectivity index (χ0n) is 10.3. The fourth-order valence-corrected chi connectivity index (χ4v) is 1.03. The number of nitrogens with zero attached hydrogens (tertiary/aromatic N) is 1. The van der Waals surface area contributed by atoms with Crippen molar-refractivity contribution >= 4 is 6.09 Å². The van der Waals surface area contributed by atoms with E-state index in [1.54, 1.807) is 27.7 Å². The van der Waals surface area contributed by atoms with E-state index >= 15 is 0 Å². The fraction of sp³-hybridized carbons (Fsp3) is 0.909. The van der Waals surface area contributed by atoms with Gasteiger partial charge in [-0.15, -0.1) is 0 Å². The maximum absolute atomic E-state index is 13.1. The van der Waals surface area contributed by atoms with E-state index in [1.165, 1.54) is 4.90 Å². The van der Waals surface area contributed by atoms with E-state index in [0.29, 0.717) is 13.0 Å². The minimum absolute atomic E-state index is 0.113. The average molecular weight is 219 g/mol. The molecule has 0 rings (SSSR count). The SMILES string of the molecule is CCC(F)CN(CC)C(=O)OC(C)(C)C. The maximum atomic E-state index is 13.1. The van der Waals surface area contributed by atoms with Gasteiger partial charge in [0.2, 0.25) is 0 Å². The summed E-state index contributed by atoms with van der Waals surface area (Å²) in [5.74, 6) is 0. The van der Waals surface area contributed by atoms with Crippen molar-refractivity contribution in [3.05, 3.63) is 0 Å². The number of rotatable bonds is 4. The largest absolute Gasteiger partial charge is 0.444 e. The van der Waals surface area contributed by atoms with Gasteiger partial charge in [-0.2, -0.15) is 0 Å². The van der Waals surface area contributed by atoms with Gasteiger partial charge in [0, 0.05) is 6.54 Å². The van der Waals surface area contributed by atoms with Crippen LogP contribution in [0.1, 0.15) is 41.0 Å². The molecule has 3 nitrogen and oxygen atoms in total. The Morgan fingerprint density at radius 2 is 1.93 bits per heavy atom. The molecule has 90 valence electrons. The lowest BCUT2D eigenvalue weighted by atomic mass is 10.2. The van der Waals surface area contributed by atoms with E-state index in [9.17, 15) is 9.18 Å². The summed E-state index contributed by atoms with van der Waals surface area (Å²) in [7, 11) is 0. The fourth-order valence-electron chi connectivity index (χ4n) is 1.03. The summed E-state index contributed by atoms with van der Waals surface area (Å²) in [5, 5.41) is 0. The minimum atomic E-state index is -0.975. The highest BCUT2D eigenvalue weighted by Gasteiger charge is 2.22. The van der Waals surface area contributed by atoms with Crippen molar-refractivity contribution in [2.24, 2.45) is 0 Å². The Labute approximate surface area is 91.6 Å². The molecule has 0 aromatic heterocycles. The Bertz CT molecular complexity index is 201. The van der Waals surface area contributed by atoms with Crippen LogP contribution >= 0.6 is 0 Å². The van der Waals surface area contributed by atoms with Gasteiger partial charge < -0.3 is 9.64 Å². The molecule has 0 radical (unpaired) electrons. The zero-order chi connectivity index (χ0) is 12.1. The molecule has 0 aromatic carbocycles. The Balaban J connectivity index is 4.23. The van der Waals surface area contributed by atoms with E-state index in [1.807, 2.05) is 6.92 Å². The van der Waals surface area contributed by atoms with Crippen LogP contribution in [0.4, 0.5) is 9.18 Å². The van der Waals surface area contributed by atoms with Crippen LogP contribution in [0, 0.1) is 0 Å². The number of halogens is 1. The Hall–Kier alpha value is -0.800. The first kappa shape index (κ1) is 14.2. The summed E-state index contributed by atoms with van der Waals surface area (Å²) in [6, 6.07) is 0. The van der Waals surface area contributed by atoms with Gasteiger partial charge in [-0.3, -0.25) is 0 Å². The smallest absolute Gasteiger partial charge is 0.410 e. The quantitative estimate of drug-likeness (QED) is 0.727. The third-order valence-electron chi connectivity index (χ3n) is 1.89. The molecule has 0 saturated carbocycles. The number of hydrogen-bond donors (Lipinski definition) is 0. The summed E-state index contributed by atoms with van der Waals surface area (Å²) in [6.45, 7) is 9.54. The lowest BCUT2D eigenvalue weighted by Crippen LogP contribution is -2.39. The second-order valence-electron chi connectivity index (χ2n) is 4.52. The first-order valence-corrected chi connectivity index (χ1v) is 5.42. The van der Waals surface area contributed by atoms with Crippen LogP contribution in [0.15, 0.2) is 0 Å². The summed E-state index contributed by atoms with van der Waals surface area (Å²) in [4.78, 5) is 13.0. The van der Waals surface area contributed by atoms with Gasteiger partial charge in [0.1, 0.15) is 11.8 Å². The Morgan fingerprint density at radius 1 is 1.40 bits per heavy atom. The van der Waals surface area contributed by atoms with Gasteiger partial charge in [-0.05, 0) is 34.1 Å². The van der Waals surface area contributed by atoms with Gasteiger partial charge in [0.25, 0.3) is 0 Å². The number of carbonyl (C=O) groups excluding carboxylic acids is 1. The molecule has 0 aliphatic rings. The number of ether oxygens (including phenoxy) is 1. The molecular weight excluding hydrogens is 197 g/mol. The monoisotopic (exact) mass is 219 g/mol. The summed E-state index contributed by atoms with van der Waals surface area (Å²) in [5.41, 5.74) is -0.525. The van der Waals surface area contributed by atoms with Gasteiger partial charge >= 0.3 is 6.09 Å². The molecule has 1 atom stereocenters. The van der Waals surface area contributed by atoms with Crippen LogP contribution in [0.25, 0.3) is 0 Å². The van der Waals surface area contributed by atoms with Crippen molar-refractivity contribution in [3.8, 4) is 0 Å². The molecule has 0 aliphatic heterocycles. The van der Waals surface area contributed by atoms with Crippen molar-refractivity contribution in [1.29, 1.82) is 0 Å². The Kier molecular flexibility index (Phi) is 5.61.